The Kier molecular flexibility index (Phi) is 5.09. The first-order valence-corrected chi connectivity index (χ1v) is 11.1. The monoisotopic (exact) mass is 436 g/mol. The Morgan fingerprint density at radius 3 is 1.12 bits per heavy atom. The van der Waals surface area contributed by atoms with Crippen molar-refractivity contribution in [1.82, 2.24) is 19.9 Å². The Hall–Kier alpha value is -4.70. The van der Waals surface area contributed by atoms with E-state index in [0.29, 0.717) is 0 Å². The van der Waals surface area contributed by atoms with E-state index >= 15 is 0 Å². The van der Waals surface area contributed by atoms with Crippen LogP contribution < -0.4 is 0 Å². The van der Waals surface area contributed by atoms with Crippen LogP contribution in [0.1, 0.15) is 0 Å². The minimum Gasteiger partial charge on any atom is -0.265 e. The van der Waals surface area contributed by atoms with E-state index in [4.69, 9.17) is 9.97 Å². The highest BCUT2D eigenvalue weighted by atomic mass is 14.8. The van der Waals surface area contributed by atoms with Gasteiger partial charge in [0.1, 0.15) is 0 Å². The molecule has 0 radical (unpaired) electrons. The zero-order chi connectivity index (χ0) is 22.7. The fraction of sp³-hybridized carbons (Fsp3) is 0. The maximum atomic E-state index is 5.15. The summed E-state index contributed by atoms with van der Waals surface area (Å²) in [7, 11) is 0. The maximum Gasteiger partial charge on any atom is 0.0979 e. The Labute approximate surface area is 197 Å². The van der Waals surface area contributed by atoms with E-state index < -0.39 is 0 Å². The predicted molar refractivity (Wildman–Crippen MR) is 137 cm³/mol. The van der Waals surface area contributed by atoms with Gasteiger partial charge in [-0.1, -0.05) is 60.7 Å². The number of pyridine rings is 2. The lowest BCUT2D eigenvalue weighted by Crippen LogP contribution is -1.98. The van der Waals surface area contributed by atoms with Crippen molar-refractivity contribution >= 4 is 11.0 Å². The number of para-hydroxylation sites is 2. The van der Waals surface area contributed by atoms with Crippen LogP contribution in [0.25, 0.3) is 55.8 Å². The molecule has 4 nitrogen and oxygen atoms in total. The highest BCUT2D eigenvalue weighted by molar-refractivity contribution is 5.95. The second kappa shape index (κ2) is 8.68. The van der Waals surface area contributed by atoms with E-state index in [-0.39, 0.29) is 0 Å². The van der Waals surface area contributed by atoms with E-state index in [0.717, 1.165) is 55.8 Å². The summed E-state index contributed by atoms with van der Waals surface area (Å²) in [4.78, 5) is 18.7. The molecule has 0 unspecified atom stereocenters. The summed E-state index contributed by atoms with van der Waals surface area (Å²) in [6, 6.07) is 32.8. The molecule has 4 heteroatoms. The quantitative estimate of drug-likeness (QED) is 0.296. The lowest BCUT2D eigenvalue weighted by molar-refractivity contribution is 1.29. The molecular weight excluding hydrogens is 416 g/mol. The van der Waals surface area contributed by atoms with Crippen LogP contribution in [0.5, 0.6) is 0 Å². The summed E-state index contributed by atoms with van der Waals surface area (Å²) in [5, 5.41) is 0. The second-order valence-electron chi connectivity index (χ2n) is 7.97. The number of benzene rings is 3. The molecule has 0 saturated heterocycles. The zero-order valence-corrected chi connectivity index (χ0v) is 18.3. The molecule has 6 aromatic rings. The average molecular weight is 437 g/mol. The maximum absolute atomic E-state index is 5.15. The SMILES string of the molecule is c1ccc(-c2nc3ccccc3nc2-c2ccccc2-c2ccncc2)c(-c2ccncc2)c1. The van der Waals surface area contributed by atoms with Crippen LogP contribution in [0.3, 0.4) is 0 Å². The number of nitrogens with zero attached hydrogens (tertiary/aromatic N) is 4. The van der Waals surface area contributed by atoms with Crippen LogP contribution in [0, 0.1) is 0 Å². The topological polar surface area (TPSA) is 51.6 Å². The highest BCUT2D eigenvalue weighted by Crippen LogP contribution is 2.40. The molecule has 3 heterocycles. The van der Waals surface area contributed by atoms with Crippen molar-refractivity contribution < 1.29 is 0 Å². The van der Waals surface area contributed by atoms with Crippen LogP contribution in [0.15, 0.2) is 122 Å². The molecule has 160 valence electrons. The van der Waals surface area contributed by atoms with Gasteiger partial charge in [0.2, 0.25) is 0 Å². The van der Waals surface area contributed by atoms with E-state index in [9.17, 15) is 0 Å². The first-order valence-electron chi connectivity index (χ1n) is 11.1. The van der Waals surface area contributed by atoms with E-state index in [1.54, 1.807) is 0 Å². The molecule has 3 aromatic heterocycles. The fourth-order valence-electron chi connectivity index (χ4n) is 4.32. The zero-order valence-electron chi connectivity index (χ0n) is 18.3. The molecule has 0 N–H and O–H groups in total. The van der Waals surface area contributed by atoms with Crippen molar-refractivity contribution in [2.75, 3.05) is 0 Å². The molecule has 0 aliphatic carbocycles. The first-order chi connectivity index (χ1) is 16.9. The van der Waals surface area contributed by atoms with Crippen molar-refractivity contribution in [3.05, 3.63) is 122 Å². The number of hydrogen-bond acceptors (Lipinski definition) is 4. The summed E-state index contributed by atoms with van der Waals surface area (Å²) in [5.41, 5.74) is 9.88. The van der Waals surface area contributed by atoms with Gasteiger partial charge >= 0.3 is 0 Å². The molecule has 0 aliphatic rings. The molecular formula is C30H20N4. The number of fused-ring (bicyclic) bond motifs is 1. The third-order valence-corrected chi connectivity index (χ3v) is 5.92. The molecule has 3 aromatic carbocycles. The Bertz CT molecular complexity index is 1470. The van der Waals surface area contributed by atoms with Gasteiger partial charge in [-0.25, -0.2) is 9.97 Å². The van der Waals surface area contributed by atoms with Crippen LogP contribution in [0.2, 0.25) is 0 Å². The molecule has 6 rings (SSSR count). The van der Waals surface area contributed by atoms with Crippen molar-refractivity contribution in [3.63, 3.8) is 0 Å². The molecule has 0 fully saturated rings. The molecule has 0 atom stereocenters. The van der Waals surface area contributed by atoms with E-state index in [1.165, 1.54) is 0 Å². The fourth-order valence-corrected chi connectivity index (χ4v) is 4.32. The largest absolute Gasteiger partial charge is 0.265 e. The number of rotatable bonds is 4. The normalized spacial score (nSPS) is 10.9. The van der Waals surface area contributed by atoms with Crippen LogP contribution in [0.4, 0.5) is 0 Å². The van der Waals surface area contributed by atoms with E-state index in [2.05, 4.69) is 58.5 Å². The van der Waals surface area contributed by atoms with Gasteiger partial charge in [0.05, 0.1) is 22.4 Å². The van der Waals surface area contributed by atoms with Crippen LogP contribution in [-0.4, -0.2) is 19.9 Å². The summed E-state index contributed by atoms with van der Waals surface area (Å²) < 4.78 is 0. The van der Waals surface area contributed by atoms with Gasteiger partial charge in [-0.2, -0.15) is 0 Å². The number of aromatic nitrogens is 4. The lowest BCUT2D eigenvalue weighted by Gasteiger charge is -2.16. The standard InChI is InChI=1S/C30H20N4/c1-3-9-25(23(7-1)21-13-17-31-18-14-21)29-30(34-28-12-6-5-11-27(28)33-29)26-10-4-2-8-24(26)22-15-19-32-20-16-22/h1-20H. The van der Waals surface area contributed by atoms with Gasteiger partial charge in [-0.3, -0.25) is 9.97 Å². The van der Waals surface area contributed by atoms with Gasteiger partial charge in [0.25, 0.3) is 0 Å². The van der Waals surface area contributed by atoms with Crippen molar-refractivity contribution in [3.8, 4) is 44.8 Å². The summed E-state index contributed by atoms with van der Waals surface area (Å²) in [5.74, 6) is 0. The molecule has 0 aliphatic heterocycles. The van der Waals surface area contributed by atoms with Crippen molar-refractivity contribution in [2.24, 2.45) is 0 Å². The van der Waals surface area contributed by atoms with Gasteiger partial charge in [-0.15, -0.1) is 0 Å². The van der Waals surface area contributed by atoms with Gasteiger partial charge in [0.15, 0.2) is 0 Å². The molecule has 34 heavy (non-hydrogen) atoms. The lowest BCUT2D eigenvalue weighted by atomic mass is 9.92. The molecule has 0 bridgehead atoms. The van der Waals surface area contributed by atoms with E-state index in [1.807, 2.05) is 73.3 Å². The minimum atomic E-state index is 0.854. The summed E-state index contributed by atoms with van der Waals surface area (Å²) in [6.45, 7) is 0. The smallest absolute Gasteiger partial charge is 0.0979 e. The van der Waals surface area contributed by atoms with Gasteiger partial charge < -0.3 is 0 Å². The molecule has 0 saturated carbocycles. The number of hydrogen-bond donors (Lipinski definition) is 0. The third kappa shape index (κ3) is 3.61. The van der Waals surface area contributed by atoms with Gasteiger partial charge in [0, 0.05) is 35.9 Å². The van der Waals surface area contributed by atoms with Crippen LogP contribution >= 0.6 is 0 Å². The highest BCUT2D eigenvalue weighted by Gasteiger charge is 2.19. The summed E-state index contributed by atoms with van der Waals surface area (Å²) >= 11 is 0. The Morgan fingerprint density at radius 1 is 0.353 bits per heavy atom. The molecule has 0 spiro atoms. The van der Waals surface area contributed by atoms with Crippen molar-refractivity contribution in [1.29, 1.82) is 0 Å². The third-order valence-electron chi connectivity index (χ3n) is 5.92. The second-order valence-corrected chi connectivity index (χ2v) is 7.97. The Balaban J connectivity index is 1.67. The summed E-state index contributed by atoms with van der Waals surface area (Å²) in [6.07, 6.45) is 7.27. The van der Waals surface area contributed by atoms with Gasteiger partial charge in [-0.05, 0) is 58.7 Å². The predicted octanol–water partition coefficient (Wildman–Crippen LogP) is 7.09. The molecule has 0 amide bonds. The minimum absolute atomic E-state index is 0.854. The van der Waals surface area contributed by atoms with Crippen LogP contribution in [-0.2, 0) is 0 Å². The average Bonchev–Trinajstić information content (AvgIpc) is 2.93. The van der Waals surface area contributed by atoms with Crippen molar-refractivity contribution in [2.45, 2.75) is 0 Å². The first kappa shape index (κ1) is 19.9. The Morgan fingerprint density at radius 2 is 0.706 bits per heavy atom.